The smallest absolute Gasteiger partial charge is 0.254 e. The SMILES string of the molecule is COc1ccc(OCc2sc([C@]3(O)CCCN(C(=O)C(C)(C)OC)CC3)nc2C)cc1. The van der Waals surface area contributed by atoms with Crippen molar-refractivity contribution in [1.29, 1.82) is 0 Å². The molecule has 1 saturated heterocycles. The number of hydrogen-bond acceptors (Lipinski definition) is 7. The minimum atomic E-state index is -1.04. The van der Waals surface area contributed by atoms with Crippen LogP contribution in [0.4, 0.5) is 0 Å². The van der Waals surface area contributed by atoms with E-state index in [1.165, 1.54) is 11.3 Å². The predicted molar refractivity (Wildman–Crippen MR) is 120 cm³/mol. The minimum absolute atomic E-state index is 0.0526. The fourth-order valence-electron chi connectivity index (χ4n) is 3.59. The molecule has 1 amide bonds. The Kier molecular flexibility index (Phi) is 7.24. The fraction of sp³-hybridized carbons (Fsp3) is 0.565. The highest BCUT2D eigenvalue weighted by atomic mass is 32.1. The molecule has 3 rings (SSSR count). The molecule has 1 aliphatic rings. The predicted octanol–water partition coefficient (Wildman–Crippen LogP) is 3.66. The van der Waals surface area contributed by atoms with Gasteiger partial charge in [-0.3, -0.25) is 4.79 Å². The third-order valence-electron chi connectivity index (χ3n) is 5.85. The van der Waals surface area contributed by atoms with Gasteiger partial charge in [-0.1, -0.05) is 0 Å². The van der Waals surface area contributed by atoms with Crippen molar-refractivity contribution in [2.24, 2.45) is 0 Å². The Labute approximate surface area is 188 Å². The molecular formula is C23H32N2O5S. The van der Waals surface area contributed by atoms with Gasteiger partial charge in [-0.05, 0) is 57.9 Å². The van der Waals surface area contributed by atoms with Crippen LogP contribution in [0.2, 0.25) is 0 Å². The van der Waals surface area contributed by atoms with Crippen molar-refractivity contribution >= 4 is 17.2 Å². The molecule has 31 heavy (non-hydrogen) atoms. The van der Waals surface area contributed by atoms with E-state index in [1.807, 2.05) is 31.2 Å². The van der Waals surface area contributed by atoms with E-state index < -0.39 is 11.2 Å². The lowest BCUT2D eigenvalue weighted by molar-refractivity contribution is -0.151. The molecule has 0 aliphatic carbocycles. The molecule has 2 aromatic rings. The summed E-state index contributed by atoms with van der Waals surface area (Å²) in [5.74, 6) is 1.47. The van der Waals surface area contributed by atoms with Crippen LogP contribution in [0.15, 0.2) is 24.3 Å². The quantitative estimate of drug-likeness (QED) is 0.696. The molecule has 1 atom stereocenters. The van der Waals surface area contributed by atoms with Crippen molar-refractivity contribution < 1.29 is 24.1 Å². The average molecular weight is 449 g/mol. The zero-order chi connectivity index (χ0) is 22.6. The van der Waals surface area contributed by atoms with Crippen molar-refractivity contribution in [2.75, 3.05) is 27.3 Å². The van der Waals surface area contributed by atoms with Crippen LogP contribution < -0.4 is 9.47 Å². The van der Waals surface area contributed by atoms with Crippen LogP contribution in [0.25, 0.3) is 0 Å². The van der Waals surface area contributed by atoms with Gasteiger partial charge in [0.1, 0.15) is 34.3 Å². The molecule has 7 nitrogen and oxygen atoms in total. The summed E-state index contributed by atoms with van der Waals surface area (Å²) in [7, 11) is 3.17. The molecule has 1 aromatic heterocycles. The number of methoxy groups -OCH3 is 2. The Bertz CT molecular complexity index is 896. The number of amides is 1. The second kappa shape index (κ2) is 9.54. The van der Waals surface area contributed by atoms with Gasteiger partial charge in [0.2, 0.25) is 0 Å². The molecular weight excluding hydrogens is 416 g/mol. The number of thiazole rings is 1. The average Bonchev–Trinajstić information content (AvgIpc) is 3.03. The standard InChI is InChI=1S/C23H32N2O5S/c1-16-19(15-30-18-9-7-17(28-4)8-10-18)31-20(24-16)23(27)11-6-13-25(14-12-23)21(26)22(2,3)29-5/h7-10,27H,6,11-15H2,1-5H3/t23-/m0/s1. The summed E-state index contributed by atoms with van der Waals surface area (Å²) in [6.45, 7) is 6.93. The third-order valence-corrected chi connectivity index (χ3v) is 7.17. The molecule has 1 fully saturated rings. The third kappa shape index (κ3) is 5.37. The molecule has 170 valence electrons. The van der Waals surface area contributed by atoms with Gasteiger partial charge in [0.05, 0.1) is 17.7 Å². The number of ether oxygens (including phenoxy) is 3. The van der Waals surface area contributed by atoms with Crippen LogP contribution in [-0.2, 0) is 21.7 Å². The zero-order valence-electron chi connectivity index (χ0n) is 18.9. The number of rotatable bonds is 7. The number of aromatic nitrogens is 1. The molecule has 1 aliphatic heterocycles. The van der Waals surface area contributed by atoms with Gasteiger partial charge in [-0.25, -0.2) is 4.98 Å². The maximum Gasteiger partial charge on any atom is 0.254 e. The number of likely N-dealkylation sites (tertiary alicyclic amines) is 1. The van der Waals surface area contributed by atoms with Gasteiger partial charge < -0.3 is 24.2 Å². The molecule has 8 heteroatoms. The maximum absolute atomic E-state index is 12.8. The van der Waals surface area contributed by atoms with Crippen LogP contribution in [0, 0.1) is 6.92 Å². The van der Waals surface area contributed by atoms with E-state index in [9.17, 15) is 9.90 Å². The number of nitrogens with zero attached hydrogens (tertiary/aromatic N) is 2. The van der Waals surface area contributed by atoms with E-state index in [4.69, 9.17) is 14.2 Å². The van der Waals surface area contributed by atoms with E-state index in [-0.39, 0.29) is 5.91 Å². The van der Waals surface area contributed by atoms with E-state index in [2.05, 4.69) is 4.98 Å². The van der Waals surface area contributed by atoms with Gasteiger partial charge in [-0.2, -0.15) is 0 Å². The van der Waals surface area contributed by atoms with Crippen molar-refractivity contribution in [3.8, 4) is 11.5 Å². The van der Waals surface area contributed by atoms with Gasteiger partial charge in [-0.15, -0.1) is 11.3 Å². The molecule has 0 unspecified atom stereocenters. The highest BCUT2D eigenvalue weighted by Crippen LogP contribution is 2.37. The van der Waals surface area contributed by atoms with E-state index in [0.717, 1.165) is 22.1 Å². The second-order valence-corrected chi connectivity index (χ2v) is 9.47. The van der Waals surface area contributed by atoms with E-state index >= 15 is 0 Å². The number of benzene rings is 1. The minimum Gasteiger partial charge on any atom is -0.497 e. The number of aryl methyl sites for hydroxylation is 1. The molecule has 2 heterocycles. The number of carbonyl (C=O) groups excluding carboxylic acids is 1. The lowest BCUT2D eigenvalue weighted by atomic mass is 9.96. The maximum atomic E-state index is 12.8. The van der Waals surface area contributed by atoms with E-state index in [0.29, 0.717) is 44.0 Å². The summed E-state index contributed by atoms with van der Waals surface area (Å²) in [5.41, 5.74) is -1.05. The first kappa shape index (κ1) is 23.5. The largest absolute Gasteiger partial charge is 0.497 e. The van der Waals surface area contributed by atoms with Gasteiger partial charge in [0.25, 0.3) is 5.91 Å². The van der Waals surface area contributed by atoms with Crippen LogP contribution in [0.3, 0.4) is 0 Å². The lowest BCUT2D eigenvalue weighted by Gasteiger charge is -2.30. The normalized spacial score (nSPS) is 19.7. The van der Waals surface area contributed by atoms with Gasteiger partial charge in [0.15, 0.2) is 0 Å². The Hall–Kier alpha value is -2.16. The van der Waals surface area contributed by atoms with Crippen LogP contribution in [0.1, 0.15) is 48.7 Å². The molecule has 1 aromatic carbocycles. The number of hydrogen-bond donors (Lipinski definition) is 1. The summed E-state index contributed by atoms with van der Waals surface area (Å²) in [5, 5.41) is 12.1. The van der Waals surface area contributed by atoms with E-state index in [1.54, 1.807) is 33.0 Å². The van der Waals surface area contributed by atoms with Crippen LogP contribution >= 0.6 is 11.3 Å². The summed E-state index contributed by atoms with van der Waals surface area (Å²) in [6, 6.07) is 7.43. The molecule has 0 bridgehead atoms. The fourth-order valence-corrected chi connectivity index (χ4v) is 4.71. The van der Waals surface area contributed by atoms with Gasteiger partial charge in [0, 0.05) is 26.6 Å². The highest BCUT2D eigenvalue weighted by molar-refractivity contribution is 7.11. The Morgan fingerprint density at radius 3 is 2.52 bits per heavy atom. The summed E-state index contributed by atoms with van der Waals surface area (Å²) >= 11 is 1.48. The topological polar surface area (TPSA) is 81.1 Å². The Morgan fingerprint density at radius 2 is 1.87 bits per heavy atom. The van der Waals surface area contributed by atoms with Crippen molar-refractivity contribution in [1.82, 2.24) is 9.88 Å². The molecule has 0 spiro atoms. The number of aliphatic hydroxyl groups is 1. The lowest BCUT2D eigenvalue weighted by Crippen LogP contribution is -2.47. The Morgan fingerprint density at radius 1 is 1.19 bits per heavy atom. The molecule has 0 saturated carbocycles. The zero-order valence-corrected chi connectivity index (χ0v) is 19.8. The first-order valence-corrected chi connectivity index (χ1v) is 11.3. The summed E-state index contributed by atoms with van der Waals surface area (Å²) < 4.78 is 16.4. The first-order chi connectivity index (χ1) is 14.7. The number of carbonyl (C=O) groups is 1. The highest BCUT2D eigenvalue weighted by Gasteiger charge is 2.39. The van der Waals surface area contributed by atoms with Crippen LogP contribution in [-0.4, -0.2) is 53.8 Å². The van der Waals surface area contributed by atoms with Crippen LogP contribution in [0.5, 0.6) is 11.5 Å². The summed E-state index contributed by atoms with van der Waals surface area (Å²) in [6.07, 6.45) is 1.72. The monoisotopic (exact) mass is 448 g/mol. The molecule has 1 N–H and O–H groups in total. The summed E-state index contributed by atoms with van der Waals surface area (Å²) in [4.78, 5) is 20.2. The molecule has 0 radical (unpaired) electrons. The van der Waals surface area contributed by atoms with Crippen molar-refractivity contribution in [3.05, 3.63) is 39.8 Å². The van der Waals surface area contributed by atoms with Crippen molar-refractivity contribution in [2.45, 2.75) is 57.8 Å². The van der Waals surface area contributed by atoms with Crippen molar-refractivity contribution in [3.63, 3.8) is 0 Å². The second-order valence-electron chi connectivity index (χ2n) is 8.38. The Balaban J connectivity index is 1.67. The first-order valence-electron chi connectivity index (χ1n) is 10.5. The van der Waals surface area contributed by atoms with Gasteiger partial charge >= 0.3 is 0 Å².